The number of rotatable bonds is 6. The van der Waals surface area contributed by atoms with Gasteiger partial charge >= 0.3 is 0 Å². The Morgan fingerprint density at radius 3 is 2.75 bits per heavy atom. The highest BCUT2D eigenvalue weighted by Crippen LogP contribution is 2.16. The fraction of sp³-hybridized carbons (Fsp3) is 0.467. The summed E-state index contributed by atoms with van der Waals surface area (Å²) in [5, 5.41) is 11.8. The maximum atomic E-state index is 11.9. The molecule has 0 aliphatic carbocycles. The van der Waals surface area contributed by atoms with Gasteiger partial charge < -0.3 is 14.6 Å². The minimum absolute atomic E-state index is 0.121. The van der Waals surface area contributed by atoms with Crippen LogP contribution in [0, 0.1) is 25.2 Å². The van der Waals surface area contributed by atoms with Gasteiger partial charge in [0.25, 0.3) is 5.91 Å². The van der Waals surface area contributed by atoms with Crippen LogP contribution in [0.5, 0.6) is 0 Å². The van der Waals surface area contributed by atoms with Crippen molar-refractivity contribution in [1.82, 2.24) is 9.88 Å². The van der Waals surface area contributed by atoms with Gasteiger partial charge in [-0.3, -0.25) is 4.79 Å². The number of aryl methyl sites for hydroxylation is 1. The summed E-state index contributed by atoms with van der Waals surface area (Å²) >= 11 is 0. The third kappa shape index (κ3) is 3.97. The van der Waals surface area contributed by atoms with Gasteiger partial charge in [0.1, 0.15) is 11.6 Å². The molecule has 108 valence electrons. The van der Waals surface area contributed by atoms with Crippen LogP contribution in [-0.4, -0.2) is 30.7 Å². The van der Waals surface area contributed by atoms with E-state index in [0.717, 1.165) is 23.4 Å². The van der Waals surface area contributed by atoms with E-state index in [2.05, 4.69) is 5.32 Å². The molecule has 0 aliphatic heterocycles. The number of aromatic nitrogens is 1. The molecule has 1 aromatic heterocycles. The molecule has 0 saturated heterocycles. The summed E-state index contributed by atoms with van der Waals surface area (Å²) in [6.07, 6.45) is 2.36. The van der Waals surface area contributed by atoms with Gasteiger partial charge in [0.15, 0.2) is 0 Å². The predicted octanol–water partition coefficient (Wildman–Crippen LogP) is 1.70. The first-order valence-electron chi connectivity index (χ1n) is 6.53. The first-order valence-corrected chi connectivity index (χ1v) is 6.53. The van der Waals surface area contributed by atoms with Crippen LogP contribution in [0.3, 0.4) is 0 Å². The zero-order valence-electron chi connectivity index (χ0n) is 12.5. The maximum absolute atomic E-state index is 11.9. The SMILES string of the molecule is COCCCNC(=O)/C(C#N)=C\c1cc(C)n(C)c1C. The summed E-state index contributed by atoms with van der Waals surface area (Å²) in [7, 11) is 3.57. The molecule has 0 fully saturated rings. The van der Waals surface area contributed by atoms with E-state index in [9.17, 15) is 4.79 Å². The third-order valence-electron chi connectivity index (χ3n) is 3.29. The average molecular weight is 275 g/mol. The molecule has 0 unspecified atom stereocenters. The standard InChI is InChI=1S/C15H21N3O2/c1-11-8-13(12(2)18(11)3)9-14(10-16)15(19)17-6-5-7-20-4/h8-9H,5-7H2,1-4H3,(H,17,19)/b14-9-. The lowest BCUT2D eigenvalue weighted by Gasteiger charge is -2.04. The van der Waals surface area contributed by atoms with Gasteiger partial charge in [-0.15, -0.1) is 0 Å². The lowest BCUT2D eigenvalue weighted by atomic mass is 10.1. The van der Waals surface area contributed by atoms with Gasteiger partial charge in [-0.2, -0.15) is 5.26 Å². The predicted molar refractivity (Wildman–Crippen MR) is 78.0 cm³/mol. The number of hydrogen-bond acceptors (Lipinski definition) is 3. The minimum atomic E-state index is -0.343. The zero-order chi connectivity index (χ0) is 15.1. The Labute approximate surface area is 119 Å². The Bertz CT molecular complexity index is 550. The second-order valence-corrected chi connectivity index (χ2v) is 4.66. The van der Waals surface area contributed by atoms with E-state index in [1.54, 1.807) is 13.2 Å². The van der Waals surface area contributed by atoms with Crippen molar-refractivity contribution in [2.45, 2.75) is 20.3 Å². The van der Waals surface area contributed by atoms with Gasteiger partial charge in [-0.05, 0) is 38.0 Å². The summed E-state index contributed by atoms with van der Waals surface area (Å²) in [5.74, 6) is -0.343. The van der Waals surface area contributed by atoms with Crippen molar-refractivity contribution in [1.29, 1.82) is 5.26 Å². The quantitative estimate of drug-likeness (QED) is 0.488. The molecule has 20 heavy (non-hydrogen) atoms. The molecular formula is C15H21N3O2. The van der Waals surface area contributed by atoms with Gasteiger partial charge in [-0.25, -0.2) is 0 Å². The van der Waals surface area contributed by atoms with Gasteiger partial charge in [0, 0.05) is 38.7 Å². The van der Waals surface area contributed by atoms with E-state index in [4.69, 9.17) is 10.00 Å². The Morgan fingerprint density at radius 1 is 1.55 bits per heavy atom. The first-order chi connectivity index (χ1) is 9.51. The lowest BCUT2D eigenvalue weighted by molar-refractivity contribution is -0.117. The van der Waals surface area contributed by atoms with E-state index in [1.807, 2.05) is 37.6 Å². The molecule has 0 saturated carbocycles. The van der Waals surface area contributed by atoms with Crippen LogP contribution in [0.15, 0.2) is 11.6 Å². The van der Waals surface area contributed by atoms with Gasteiger partial charge in [-0.1, -0.05) is 0 Å². The van der Waals surface area contributed by atoms with E-state index >= 15 is 0 Å². The van der Waals surface area contributed by atoms with Gasteiger partial charge in [0.2, 0.25) is 0 Å². The lowest BCUT2D eigenvalue weighted by Crippen LogP contribution is -2.26. The summed E-state index contributed by atoms with van der Waals surface area (Å²) < 4.78 is 6.93. The molecule has 5 heteroatoms. The number of nitrogens with one attached hydrogen (secondary N) is 1. The van der Waals surface area contributed by atoms with Crippen LogP contribution in [0.2, 0.25) is 0 Å². The van der Waals surface area contributed by atoms with Gasteiger partial charge in [0.05, 0.1) is 0 Å². The summed E-state index contributed by atoms with van der Waals surface area (Å²) in [5.41, 5.74) is 3.14. The van der Waals surface area contributed by atoms with E-state index < -0.39 is 0 Å². The van der Waals surface area contributed by atoms with Crippen molar-refractivity contribution in [3.05, 3.63) is 28.6 Å². The fourth-order valence-electron chi connectivity index (χ4n) is 1.85. The number of ether oxygens (including phenoxy) is 1. The third-order valence-corrected chi connectivity index (χ3v) is 3.29. The molecule has 0 spiro atoms. The second-order valence-electron chi connectivity index (χ2n) is 4.66. The van der Waals surface area contributed by atoms with E-state index in [0.29, 0.717) is 13.2 Å². The Kier molecular flexibility index (Phi) is 6.01. The highest BCUT2D eigenvalue weighted by molar-refractivity contribution is 6.01. The molecule has 0 aliphatic rings. The van der Waals surface area contributed by atoms with Crippen LogP contribution in [0.1, 0.15) is 23.4 Å². The Hall–Kier alpha value is -2.06. The second kappa shape index (κ2) is 7.51. The van der Waals surface area contributed by atoms with Crippen molar-refractivity contribution in [3.63, 3.8) is 0 Å². The van der Waals surface area contributed by atoms with Crippen molar-refractivity contribution >= 4 is 12.0 Å². The zero-order valence-corrected chi connectivity index (χ0v) is 12.5. The number of nitrogens with zero attached hydrogens (tertiary/aromatic N) is 2. The average Bonchev–Trinajstić information content (AvgIpc) is 2.68. The molecule has 1 aromatic rings. The molecule has 1 amide bonds. The smallest absolute Gasteiger partial charge is 0.261 e. The van der Waals surface area contributed by atoms with Crippen LogP contribution in [0.4, 0.5) is 0 Å². The molecule has 1 rings (SSSR count). The monoisotopic (exact) mass is 275 g/mol. The number of nitriles is 1. The van der Waals surface area contributed by atoms with Crippen molar-refractivity contribution in [2.75, 3.05) is 20.3 Å². The molecule has 0 bridgehead atoms. The minimum Gasteiger partial charge on any atom is -0.385 e. The molecule has 0 aromatic carbocycles. The topological polar surface area (TPSA) is 67.0 Å². The normalized spacial score (nSPS) is 11.2. The maximum Gasteiger partial charge on any atom is 0.261 e. The van der Waals surface area contributed by atoms with Crippen LogP contribution >= 0.6 is 0 Å². The highest BCUT2D eigenvalue weighted by atomic mass is 16.5. The molecule has 0 atom stereocenters. The number of carbonyl (C=O) groups excluding carboxylic acids is 1. The van der Waals surface area contributed by atoms with Crippen molar-refractivity contribution < 1.29 is 9.53 Å². The van der Waals surface area contributed by atoms with Crippen LogP contribution < -0.4 is 5.32 Å². The van der Waals surface area contributed by atoms with E-state index in [1.165, 1.54) is 0 Å². The summed E-state index contributed by atoms with van der Waals surface area (Å²) in [6.45, 7) is 5.03. The molecule has 5 nitrogen and oxygen atoms in total. The molecular weight excluding hydrogens is 254 g/mol. The fourth-order valence-corrected chi connectivity index (χ4v) is 1.85. The van der Waals surface area contributed by atoms with Crippen LogP contribution in [-0.2, 0) is 16.6 Å². The van der Waals surface area contributed by atoms with Crippen molar-refractivity contribution in [3.8, 4) is 6.07 Å². The molecule has 0 radical (unpaired) electrons. The molecule has 1 N–H and O–H groups in total. The number of carbonyl (C=O) groups is 1. The summed E-state index contributed by atoms with van der Waals surface area (Å²) in [6, 6.07) is 3.92. The molecule has 1 heterocycles. The van der Waals surface area contributed by atoms with Crippen LogP contribution in [0.25, 0.3) is 6.08 Å². The van der Waals surface area contributed by atoms with Crippen molar-refractivity contribution in [2.24, 2.45) is 7.05 Å². The van der Waals surface area contributed by atoms with E-state index in [-0.39, 0.29) is 11.5 Å². The number of amides is 1. The summed E-state index contributed by atoms with van der Waals surface area (Å²) in [4.78, 5) is 11.9. The highest BCUT2D eigenvalue weighted by Gasteiger charge is 2.11. The Balaban J connectivity index is 2.79. The number of hydrogen-bond donors (Lipinski definition) is 1. The largest absolute Gasteiger partial charge is 0.385 e. The first kappa shape index (κ1) is 16.0. The number of methoxy groups -OCH3 is 1. The Morgan fingerprint density at radius 2 is 2.25 bits per heavy atom.